The molecule has 5 nitrogen and oxygen atoms in total. The van der Waals surface area contributed by atoms with E-state index in [1.807, 2.05) is 24.3 Å². The fourth-order valence-electron chi connectivity index (χ4n) is 2.43. The molecule has 0 atom stereocenters. The first kappa shape index (κ1) is 16.4. The zero-order valence-electron chi connectivity index (χ0n) is 14.0. The number of benzene rings is 2. The van der Waals surface area contributed by atoms with Crippen LogP contribution < -0.4 is 10.6 Å². The molecule has 2 N–H and O–H groups in total. The highest BCUT2D eigenvalue weighted by atomic mass is 32.2. The third kappa shape index (κ3) is 3.23. The summed E-state index contributed by atoms with van der Waals surface area (Å²) in [6.45, 7) is 4.23. The van der Waals surface area contributed by atoms with Gasteiger partial charge >= 0.3 is 0 Å². The van der Waals surface area contributed by atoms with Gasteiger partial charge in [-0.05, 0) is 42.7 Å². The van der Waals surface area contributed by atoms with E-state index in [0.717, 1.165) is 17.1 Å². The molecule has 24 heavy (non-hydrogen) atoms. The predicted molar refractivity (Wildman–Crippen MR) is 97.6 cm³/mol. The maximum atomic E-state index is 6.19. The Bertz CT molecular complexity index is 860. The molecule has 0 aliphatic carbocycles. The molecular formula is C18H20N4OS. The van der Waals surface area contributed by atoms with Crippen LogP contribution in [0.15, 0.2) is 47.6 Å². The molecule has 0 radical (unpaired) electrons. The van der Waals surface area contributed by atoms with E-state index in [4.69, 9.17) is 10.6 Å². The minimum absolute atomic E-state index is 0.593. The average molecular weight is 340 g/mol. The quantitative estimate of drug-likeness (QED) is 0.568. The van der Waals surface area contributed by atoms with Gasteiger partial charge in [0.25, 0.3) is 0 Å². The molecule has 6 heteroatoms. The van der Waals surface area contributed by atoms with Gasteiger partial charge in [-0.3, -0.25) is 0 Å². The minimum atomic E-state index is 0.593. The summed E-state index contributed by atoms with van der Waals surface area (Å²) in [4.78, 5) is 0. The van der Waals surface area contributed by atoms with Crippen LogP contribution in [0.2, 0.25) is 0 Å². The highest BCUT2D eigenvalue weighted by molar-refractivity contribution is 7.98. The first-order chi connectivity index (χ1) is 11.6. The highest BCUT2D eigenvalue weighted by Gasteiger charge is 2.15. The number of nitrogen functional groups attached to an aromatic ring is 1. The van der Waals surface area contributed by atoms with Gasteiger partial charge in [0.1, 0.15) is 5.75 Å². The summed E-state index contributed by atoms with van der Waals surface area (Å²) in [5.74, 6) is 8.30. The Hall–Kier alpha value is -2.47. The second-order valence-corrected chi connectivity index (χ2v) is 6.53. The zero-order valence-corrected chi connectivity index (χ0v) is 14.8. The fourth-order valence-corrected chi connectivity index (χ4v) is 3.23. The summed E-state index contributed by atoms with van der Waals surface area (Å²) >= 11 is 1.57. The molecular weight excluding hydrogens is 320 g/mol. The van der Waals surface area contributed by atoms with Crippen molar-refractivity contribution in [1.82, 2.24) is 14.9 Å². The molecule has 0 amide bonds. The number of aromatic nitrogens is 3. The Morgan fingerprint density at radius 2 is 1.88 bits per heavy atom. The lowest BCUT2D eigenvalue weighted by Gasteiger charge is -2.08. The van der Waals surface area contributed by atoms with Crippen LogP contribution >= 0.6 is 11.8 Å². The number of rotatable bonds is 5. The van der Waals surface area contributed by atoms with Gasteiger partial charge in [0.2, 0.25) is 5.16 Å². The second-order valence-electron chi connectivity index (χ2n) is 5.58. The Kier molecular flexibility index (Phi) is 4.76. The Labute approximate surface area is 145 Å². The minimum Gasteiger partial charge on any atom is -0.496 e. The van der Waals surface area contributed by atoms with E-state index in [2.05, 4.69) is 42.2 Å². The number of thioether (sulfide) groups is 1. The number of aryl methyl sites for hydroxylation is 2. The molecule has 124 valence electrons. The van der Waals surface area contributed by atoms with Gasteiger partial charge in [0, 0.05) is 5.75 Å². The lowest BCUT2D eigenvalue weighted by atomic mass is 10.1. The van der Waals surface area contributed by atoms with Crippen molar-refractivity contribution in [2.24, 2.45) is 0 Å². The van der Waals surface area contributed by atoms with Crippen LogP contribution in [0, 0.1) is 13.8 Å². The third-order valence-electron chi connectivity index (χ3n) is 3.95. The number of nitrogens with zero attached hydrogens (tertiary/aromatic N) is 3. The normalized spacial score (nSPS) is 10.8. The van der Waals surface area contributed by atoms with Crippen molar-refractivity contribution < 1.29 is 4.74 Å². The molecule has 0 saturated carbocycles. The zero-order chi connectivity index (χ0) is 17.1. The molecule has 3 rings (SSSR count). The number of hydrogen-bond acceptors (Lipinski definition) is 5. The summed E-state index contributed by atoms with van der Waals surface area (Å²) in [7, 11) is 1.63. The topological polar surface area (TPSA) is 66.0 Å². The van der Waals surface area contributed by atoms with Crippen molar-refractivity contribution in [2.45, 2.75) is 24.8 Å². The van der Waals surface area contributed by atoms with E-state index in [9.17, 15) is 0 Å². The largest absolute Gasteiger partial charge is 0.496 e. The molecule has 0 fully saturated rings. The number of nitrogens with two attached hydrogens (primary N) is 1. The molecule has 0 bridgehead atoms. The van der Waals surface area contributed by atoms with Crippen molar-refractivity contribution >= 4 is 11.8 Å². The number of ether oxygens (including phenoxy) is 1. The van der Waals surface area contributed by atoms with Gasteiger partial charge in [-0.1, -0.05) is 42.1 Å². The van der Waals surface area contributed by atoms with E-state index in [1.165, 1.54) is 21.4 Å². The van der Waals surface area contributed by atoms with Gasteiger partial charge in [0.15, 0.2) is 5.82 Å². The molecule has 3 aromatic rings. The Morgan fingerprint density at radius 1 is 1.08 bits per heavy atom. The molecule has 0 aliphatic heterocycles. The van der Waals surface area contributed by atoms with Crippen molar-refractivity contribution in [2.75, 3.05) is 13.0 Å². The van der Waals surface area contributed by atoms with Crippen LogP contribution in [0.5, 0.6) is 5.75 Å². The summed E-state index contributed by atoms with van der Waals surface area (Å²) in [6, 6.07) is 14.1. The van der Waals surface area contributed by atoms with Crippen molar-refractivity contribution in [3.05, 3.63) is 59.2 Å². The molecule has 1 aromatic heterocycles. The van der Waals surface area contributed by atoms with Gasteiger partial charge in [-0.2, -0.15) is 0 Å². The lowest BCUT2D eigenvalue weighted by Crippen LogP contribution is -2.12. The first-order valence-corrected chi connectivity index (χ1v) is 8.61. The number of para-hydroxylation sites is 1. The van der Waals surface area contributed by atoms with Crippen molar-refractivity contribution in [3.63, 3.8) is 0 Å². The standard InChI is InChI=1S/C18H20N4OS/c1-12-8-9-14(10-13(12)2)11-24-18-21-20-17(22(18)19)15-6-4-5-7-16(15)23-3/h4-10H,11,19H2,1-3H3. The fraction of sp³-hybridized carbons (Fsp3) is 0.222. The maximum absolute atomic E-state index is 6.19. The lowest BCUT2D eigenvalue weighted by molar-refractivity contribution is 0.416. The Balaban J connectivity index is 1.81. The summed E-state index contributed by atoms with van der Waals surface area (Å²) in [5.41, 5.74) is 4.65. The van der Waals surface area contributed by atoms with Crippen LogP contribution in [-0.2, 0) is 5.75 Å². The smallest absolute Gasteiger partial charge is 0.210 e. The molecule has 0 saturated heterocycles. The molecule has 0 unspecified atom stereocenters. The number of methoxy groups -OCH3 is 1. The van der Waals surface area contributed by atoms with Crippen LogP contribution in [-0.4, -0.2) is 22.0 Å². The molecule has 1 heterocycles. The van der Waals surface area contributed by atoms with Gasteiger partial charge in [-0.25, -0.2) is 4.68 Å². The third-order valence-corrected chi connectivity index (χ3v) is 4.97. The molecule has 0 spiro atoms. The summed E-state index contributed by atoms with van der Waals surface area (Å²) in [6.07, 6.45) is 0. The van der Waals surface area contributed by atoms with Crippen molar-refractivity contribution in [3.8, 4) is 17.1 Å². The van der Waals surface area contributed by atoms with E-state index < -0.39 is 0 Å². The number of hydrogen-bond donors (Lipinski definition) is 1. The second kappa shape index (κ2) is 6.97. The van der Waals surface area contributed by atoms with Crippen LogP contribution in [0.3, 0.4) is 0 Å². The van der Waals surface area contributed by atoms with Gasteiger partial charge < -0.3 is 10.6 Å². The molecule has 2 aromatic carbocycles. The van der Waals surface area contributed by atoms with Crippen LogP contribution in [0.4, 0.5) is 0 Å². The SMILES string of the molecule is COc1ccccc1-c1nnc(SCc2ccc(C)c(C)c2)n1N. The van der Waals surface area contributed by atoms with Gasteiger partial charge in [-0.15, -0.1) is 10.2 Å². The predicted octanol–water partition coefficient (Wildman–Crippen LogP) is 3.58. The van der Waals surface area contributed by atoms with E-state index >= 15 is 0 Å². The Morgan fingerprint density at radius 3 is 2.62 bits per heavy atom. The van der Waals surface area contributed by atoms with Crippen LogP contribution in [0.25, 0.3) is 11.4 Å². The van der Waals surface area contributed by atoms with E-state index in [-0.39, 0.29) is 0 Å². The average Bonchev–Trinajstić information content (AvgIpc) is 2.96. The summed E-state index contributed by atoms with van der Waals surface area (Å²) in [5, 5.41) is 9.12. The van der Waals surface area contributed by atoms with Crippen LogP contribution in [0.1, 0.15) is 16.7 Å². The van der Waals surface area contributed by atoms with Crippen molar-refractivity contribution in [1.29, 1.82) is 0 Å². The summed E-state index contributed by atoms with van der Waals surface area (Å²) < 4.78 is 6.89. The first-order valence-electron chi connectivity index (χ1n) is 7.63. The highest BCUT2D eigenvalue weighted by Crippen LogP contribution is 2.30. The van der Waals surface area contributed by atoms with E-state index in [1.54, 1.807) is 18.9 Å². The monoisotopic (exact) mass is 340 g/mol. The maximum Gasteiger partial charge on any atom is 0.210 e. The van der Waals surface area contributed by atoms with Gasteiger partial charge in [0.05, 0.1) is 12.7 Å². The molecule has 0 aliphatic rings. The van der Waals surface area contributed by atoms with E-state index in [0.29, 0.717) is 11.0 Å².